The molecule has 1 fully saturated rings. The first-order valence-electron chi connectivity index (χ1n) is 18.1. The topological polar surface area (TPSA) is 117 Å². The fourth-order valence-electron chi connectivity index (χ4n) is 7.29. The zero-order valence-corrected chi connectivity index (χ0v) is 29.6. The van der Waals surface area contributed by atoms with E-state index in [2.05, 4.69) is 44.9 Å². The molecular weight excluding hydrogens is 640 g/mol. The maximum absolute atomic E-state index is 13.8. The van der Waals surface area contributed by atoms with E-state index in [0.29, 0.717) is 38.0 Å². The van der Waals surface area contributed by atoms with Gasteiger partial charge in [-0.3, -0.25) is 28.8 Å². The number of carbonyl (C=O) groups excluding carboxylic acids is 4. The predicted octanol–water partition coefficient (Wildman–Crippen LogP) is 3.92. The number of fused-ring (bicyclic) bond motifs is 1. The van der Waals surface area contributed by atoms with Crippen molar-refractivity contribution >= 4 is 23.5 Å². The maximum atomic E-state index is 13.8. The van der Waals surface area contributed by atoms with Gasteiger partial charge >= 0.3 is 0 Å². The van der Waals surface area contributed by atoms with Crippen molar-refractivity contribution in [1.29, 1.82) is 0 Å². The molecule has 2 heterocycles. The summed E-state index contributed by atoms with van der Waals surface area (Å²) in [7, 11) is 1.71. The summed E-state index contributed by atoms with van der Waals surface area (Å²) in [5, 5.41) is 10.1. The molecule has 1 aliphatic heterocycles. The minimum Gasteiger partial charge on any atom is -0.344 e. The molecule has 0 bridgehead atoms. The van der Waals surface area contributed by atoms with Gasteiger partial charge in [0.15, 0.2) is 5.78 Å². The van der Waals surface area contributed by atoms with Gasteiger partial charge in [0.05, 0.1) is 6.04 Å². The number of rotatable bonds is 14. The minimum absolute atomic E-state index is 0.00389. The van der Waals surface area contributed by atoms with E-state index in [1.807, 2.05) is 59.5 Å². The molecule has 1 saturated heterocycles. The molecule has 1 aromatic heterocycles. The molecule has 2 aliphatic rings. The highest BCUT2D eigenvalue weighted by Gasteiger charge is 2.35. The smallest absolute Gasteiger partial charge is 0.270 e. The highest BCUT2D eigenvalue weighted by Crippen LogP contribution is 2.30. The first-order valence-corrected chi connectivity index (χ1v) is 18.1. The molecule has 10 heteroatoms. The molecule has 51 heavy (non-hydrogen) atoms. The van der Waals surface area contributed by atoms with Crippen LogP contribution in [0.5, 0.6) is 0 Å². The number of hydrogen-bond donors (Lipinski definition) is 2. The first kappa shape index (κ1) is 35.7. The zero-order chi connectivity index (χ0) is 35.7. The van der Waals surface area contributed by atoms with E-state index in [1.54, 1.807) is 26.2 Å². The lowest BCUT2D eigenvalue weighted by atomic mass is 9.90. The third-order valence-electron chi connectivity index (χ3n) is 10.3. The van der Waals surface area contributed by atoms with Crippen LogP contribution in [0.2, 0.25) is 0 Å². The normalized spacial score (nSPS) is 15.9. The summed E-state index contributed by atoms with van der Waals surface area (Å²) in [6.45, 7) is 5.44. The SMILES string of the molecule is CCC(=O)N[C@H](Cc1ccc(CCC(=O)[C@@H](NC(=O)c2ccnn2C)C2Cc3ccccc3C2)cc1)C(=O)N1CCN(Cc2ccccc2)CC1. The van der Waals surface area contributed by atoms with Crippen molar-refractivity contribution in [2.75, 3.05) is 26.2 Å². The molecule has 0 radical (unpaired) electrons. The maximum Gasteiger partial charge on any atom is 0.270 e. The van der Waals surface area contributed by atoms with Gasteiger partial charge in [-0.2, -0.15) is 5.10 Å². The van der Waals surface area contributed by atoms with E-state index < -0.39 is 12.1 Å². The Bertz CT molecular complexity index is 1790. The van der Waals surface area contributed by atoms with Gasteiger partial charge < -0.3 is 15.5 Å². The van der Waals surface area contributed by atoms with Gasteiger partial charge in [0.1, 0.15) is 11.7 Å². The van der Waals surface area contributed by atoms with Crippen LogP contribution >= 0.6 is 0 Å². The molecule has 3 aromatic carbocycles. The van der Waals surface area contributed by atoms with Crippen molar-refractivity contribution in [2.24, 2.45) is 13.0 Å². The number of nitrogens with zero attached hydrogens (tertiary/aromatic N) is 4. The van der Waals surface area contributed by atoms with E-state index in [0.717, 1.165) is 43.6 Å². The fraction of sp³-hybridized carbons (Fsp3) is 0.390. The molecule has 1 aliphatic carbocycles. The highest BCUT2D eigenvalue weighted by atomic mass is 16.2. The Morgan fingerprint density at radius 1 is 0.784 bits per heavy atom. The fourth-order valence-corrected chi connectivity index (χ4v) is 7.29. The second kappa shape index (κ2) is 16.7. The Kier molecular flexibility index (Phi) is 11.7. The van der Waals surface area contributed by atoms with Gasteiger partial charge in [0.2, 0.25) is 11.8 Å². The molecule has 266 valence electrons. The predicted molar refractivity (Wildman–Crippen MR) is 196 cm³/mol. The number of hydrogen-bond acceptors (Lipinski definition) is 6. The Morgan fingerprint density at radius 3 is 2.06 bits per heavy atom. The number of Topliss-reactive ketones (excluding diaryl/α,β-unsaturated/α-hetero) is 1. The van der Waals surface area contributed by atoms with Crippen LogP contribution in [0.3, 0.4) is 0 Å². The monoisotopic (exact) mass is 688 g/mol. The number of piperazine rings is 1. The van der Waals surface area contributed by atoms with Crippen LogP contribution in [-0.4, -0.2) is 81.3 Å². The number of aromatic nitrogens is 2. The number of benzene rings is 3. The number of amides is 3. The Hall–Kier alpha value is -5.09. The largest absolute Gasteiger partial charge is 0.344 e. The van der Waals surface area contributed by atoms with Crippen LogP contribution in [0, 0.1) is 5.92 Å². The summed E-state index contributed by atoms with van der Waals surface area (Å²) >= 11 is 0. The molecule has 3 amide bonds. The standard InChI is InChI=1S/C41H48N6O4/c1-3-38(49)43-35(41(51)47-23-21-46(22-24-47)28-31-9-5-4-6-10-31)25-30-15-13-29(14-16-30)17-18-37(48)39(44-40(50)36-19-20-42-45(36)2)34-26-32-11-7-8-12-33(32)27-34/h4-16,19-20,34-35,39H,3,17-18,21-28H2,1-2H3,(H,43,49)(H,44,50)/t35-,39+/m1/s1. The van der Waals surface area contributed by atoms with Crippen LogP contribution in [0.25, 0.3) is 0 Å². The summed E-state index contributed by atoms with van der Waals surface area (Å²) in [6.07, 6.45) is 4.56. The molecule has 2 atom stereocenters. The van der Waals surface area contributed by atoms with Gasteiger partial charge in [0, 0.05) is 65.2 Å². The number of nitrogens with one attached hydrogen (secondary N) is 2. The van der Waals surface area contributed by atoms with Gasteiger partial charge in [-0.1, -0.05) is 85.8 Å². The van der Waals surface area contributed by atoms with Gasteiger partial charge in [0.25, 0.3) is 5.91 Å². The average Bonchev–Trinajstić information content (AvgIpc) is 3.79. The van der Waals surface area contributed by atoms with E-state index in [9.17, 15) is 19.2 Å². The second-order valence-electron chi connectivity index (χ2n) is 13.8. The van der Waals surface area contributed by atoms with Crippen molar-refractivity contribution in [3.63, 3.8) is 0 Å². The number of ketones is 1. The molecule has 10 nitrogen and oxygen atoms in total. The van der Waals surface area contributed by atoms with Crippen LogP contribution < -0.4 is 10.6 Å². The number of carbonyl (C=O) groups is 4. The third-order valence-corrected chi connectivity index (χ3v) is 10.3. The van der Waals surface area contributed by atoms with Crippen molar-refractivity contribution in [1.82, 2.24) is 30.2 Å². The van der Waals surface area contributed by atoms with Gasteiger partial charge in [-0.25, -0.2) is 0 Å². The quantitative estimate of drug-likeness (QED) is 0.208. The van der Waals surface area contributed by atoms with Crippen LogP contribution in [-0.2, 0) is 53.7 Å². The van der Waals surface area contributed by atoms with E-state index in [4.69, 9.17) is 0 Å². The summed E-state index contributed by atoms with van der Waals surface area (Å²) in [6, 6.07) is 26.9. The minimum atomic E-state index is -0.648. The molecule has 0 saturated carbocycles. The Labute approximate surface area is 300 Å². The van der Waals surface area contributed by atoms with Crippen molar-refractivity contribution in [2.45, 2.75) is 64.1 Å². The third kappa shape index (κ3) is 9.18. The average molecular weight is 689 g/mol. The van der Waals surface area contributed by atoms with Crippen LogP contribution in [0.4, 0.5) is 0 Å². The molecule has 0 unspecified atom stereocenters. The molecule has 4 aromatic rings. The van der Waals surface area contributed by atoms with Crippen molar-refractivity contribution in [3.05, 3.63) is 125 Å². The molecule has 0 spiro atoms. The lowest BCUT2D eigenvalue weighted by molar-refractivity contribution is -0.138. The number of aryl methyl sites for hydroxylation is 2. The summed E-state index contributed by atoms with van der Waals surface area (Å²) in [5.41, 5.74) is 6.05. The van der Waals surface area contributed by atoms with Crippen LogP contribution in [0.1, 0.15) is 58.1 Å². The Balaban J connectivity index is 1.06. The van der Waals surface area contributed by atoms with Crippen molar-refractivity contribution < 1.29 is 19.2 Å². The second-order valence-corrected chi connectivity index (χ2v) is 13.8. The first-order chi connectivity index (χ1) is 24.8. The molecular formula is C41H48N6O4. The molecule has 2 N–H and O–H groups in total. The zero-order valence-electron chi connectivity index (χ0n) is 29.6. The van der Waals surface area contributed by atoms with E-state index in [-0.39, 0.29) is 35.8 Å². The Morgan fingerprint density at radius 2 is 1.43 bits per heavy atom. The van der Waals surface area contributed by atoms with Crippen LogP contribution in [0.15, 0.2) is 91.1 Å². The lowest BCUT2D eigenvalue weighted by Gasteiger charge is -2.36. The van der Waals surface area contributed by atoms with E-state index >= 15 is 0 Å². The van der Waals surface area contributed by atoms with Gasteiger partial charge in [-0.05, 0) is 59.1 Å². The lowest BCUT2D eigenvalue weighted by Crippen LogP contribution is -2.55. The summed E-state index contributed by atoms with van der Waals surface area (Å²) < 4.78 is 1.51. The molecule has 6 rings (SSSR count). The van der Waals surface area contributed by atoms with E-state index in [1.165, 1.54) is 21.4 Å². The van der Waals surface area contributed by atoms with Gasteiger partial charge in [-0.15, -0.1) is 0 Å². The summed E-state index contributed by atoms with van der Waals surface area (Å²) in [4.78, 5) is 57.4. The van der Waals surface area contributed by atoms with Crippen molar-refractivity contribution in [3.8, 4) is 0 Å². The highest BCUT2D eigenvalue weighted by molar-refractivity contribution is 5.97. The summed E-state index contributed by atoms with van der Waals surface area (Å²) in [5.74, 6) is -0.527.